The van der Waals surface area contributed by atoms with Gasteiger partial charge >= 0.3 is 0 Å². The lowest BCUT2D eigenvalue weighted by Crippen LogP contribution is -2.38. The van der Waals surface area contributed by atoms with Gasteiger partial charge in [-0.1, -0.05) is 31.5 Å². The summed E-state index contributed by atoms with van der Waals surface area (Å²) in [4.78, 5) is 14.4. The van der Waals surface area contributed by atoms with Crippen LogP contribution in [0.1, 0.15) is 44.6 Å². The van der Waals surface area contributed by atoms with E-state index in [0.29, 0.717) is 12.5 Å². The van der Waals surface area contributed by atoms with Crippen LogP contribution in [0.15, 0.2) is 29.4 Å². The number of nitrogens with zero attached hydrogens (tertiary/aromatic N) is 2. The van der Waals surface area contributed by atoms with Gasteiger partial charge in [0.25, 0.3) is 5.91 Å². The van der Waals surface area contributed by atoms with Crippen LogP contribution in [0.2, 0.25) is 0 Å². The van der Waals surface area contributed by atoms with Crippen molar-refractivity contribution in [2.75, 3.05) is 18.0 Å². The Balaban J connectivity index is 1.60. The quantitative estimate of drug-likeness (QED) is 0.872. The summed E-state index contributed by atoms with van der Waals surface area (Å²) >= 11 is 0. The molecule has 1 aliphatic carbocycles. The van der Waals surface area contributed by atoms with Gasteiger partial charge in [-0.05, 0) is 49.7 Å². The molecular weight excluding hydrogens is 274 g/mol. The zero-order valence-corrected chi connectivity index (χ0v) is 13.3. The van der Waals surface area contributed by atoms with Gasteiger partial charge in [-0.15, -0.1) is 0 Å². The van der Waals surface area contributed by atoms with E-state index in [2.05, 4.69) is 40.5 Å². The molecule has 0 aromatic heterocycles. The van der Waals surface area contributed by atoms with Gasteiger partial charge in [-0.3, -0.25) is 4.79 Å². The van der Waals surface area contributed by atoms with Crippen molar-refractivity contribution in [2.24, 2.45) is 11.0 Å². The summed E-state index contributed by atoms with van der Waals surface area (Å²) in [5.74, 6) is 0.492. The summed E-state index contributed by atoms with van der Waals surface area (Å²) in [5.41, 5.74) is 6.46. The SMILES string of the molecule is C[C@H]1CCCC/C1=N/NC(=O)CN1CCCc2ccccc21. The van der Waals surface area contributed by atoms with Crippen LogP contribution in [-0.4, -0.2) is 24.7 Å². The molecule has 1 fully saturated rings. The molecule has 0 spiro atoms. The number of fused-ring (bicyclic) bond motifs is 1. The maximum absolute atomic E-state index is 12.2. The van der Waals surface area contributed by atoms with Crippen molar-refractivity contribution >= 4 is 17.3 Å². The largest absolute Gasteiger partial charge is 0.362 e. The maximum atomic E-state index is 12.2. The second-order valence-electron chi connectivity index (χ2n) is 6.44. The van der Waals surface area contributed by atoms with Crippen LogP contribution in [0.3, 0.4) is 0 Å². The van der Waals surface area contributed by atoms with Crippen LogP contribution in [0.4, 0.5) is 5.69 Å². The normalized spacial score (nSPS) is 23.2. The zero-order chi connectivity index (χ0) is 15.4. The topological polar surface area (TPSA) is 44.7 Å². The van der Waals surface area contributed by atoms with Gasteiger partial charge in [0, 0.05) is 17.9 Å². The molecule has 0 radical (unpaired) electrons. The highest BCUT2D eigenvalue weighted by molar-refractivity contribution is 5.89. The molecule has 1 heterocycles. The molecule has 3 rings (SSSR count). The molecule has 1 aliphatic heterocycles. The predicted octanol–water partition coefficient (Wildman–Crippen LogP) is 3.12. The average Bonchev–Trinajstić information content (AvgIpc) is 2.54. The van der Waals surface area contributed by atoms with E-state index < -0.39 is 0 Å². The van der Waals surface area contributed by atoms with E-state index in [9.17, 15) is 4.79 Å². The molecule has 1 saturated carbocycles. The zero-order valence-electron chi connectivity index (χ0n) is 13.3. The minimum Gasteiger partial charge on any atom is -0.362 e. The second kappa shape index (κ2) is 6.95. The molecule has 1 atom stereocenters. The first-order valence-corrected chi connectivity index (χ1v) is 8.42. The molecule has 1 amide bonds. The summed E-state index contributed by atoms with van der Waals surface area (Å²) in [6.07, 6.45) is 6.89. The van der Waals surface area contributed by atoms with Gasteiger partial charge in [0.1, 0.15) is 0 Å². The van der Waals surface area contributed by atoms with Crippen molar-refractivity contribution in [1.29, 1.82) is 0 Å². The van der Waals surface area contributed by atoms with Crippen molar-refractivity contribution in [3.05, 3.63) is 29.8 Å². The van der Waals surface area contributed by atoms with Crippen LogP contribution in [-0.2, 0) is 11.2 Å². The van der Waals surface area contributed by atoms with Crippen molar-refractivity contribution in [3.8, 4) is 0 Å². The van der Waals surface area contributed by atoms with Gasteiger partial charge in [0.15, 0.2) is 0 Å². The van der Waals surface area contributed by atoms with Crippen LogP contribution >= 0.6 is 0 Å². The summed E-state index contributed by atoms with van der Waals surface area (Å²) in [5, 5.41) is 4.38. The summed E-state index contributed by atoms with van der Waals surface area (Å²) < 4.78 is 0. The lowest BCUT2D eigenvalue weighted by atomic mass is 9.89. The van der Waals surface area contributed by atoms with Crippen LogP contribution in [0.5, 0.6) is 0 Å². The number of anilines is 1. The van der Waals surface area contributed by atoms with Gasteiger partial charge < -0.3 is 4.90 Å². The fraction of sp³-hybridized carbons (Fsp3) is 0.556. The smallest absolute Gasteiger partial charge is 0.259 e. The molecular formula is C18H25N3O. The van der Waals surface area contributed by atoms with Crippen molar-refractivity contribution in [3.63, 3.8) is 0 Å². The molecule has 1 aromatic rings. The third-order valence-corrected chi connectivity index (χ3v) is 4.75. The van der Waals surface area contributed by atoms with E-state index >= 15 is 0 Å². The second-order valence-corrected chi connectivity index (χ2v) is 6.44. The van der Waals surface area contributed by atoms with E-state index in [1.54, 1.807) is 0 Å². The molecule has 0 saturated heterocycles. The van der Waals surface area contributed by atoms with Gasteiger partial charge in [-0.25, -0.2) is 5.43 Å². The van der Waals surface area contributed by atoms with E-state index in [0.717, 1.165) is 31.5 Å². The van der Waals surface area contributed by atoms with Gasteiger partial charge in [0.2, 0.25) is 0 Å². The number of hydrogen-bond acceptors (Lipinski definition) is 3. The molecule has 0 bridgehead atoms. The number of aryl methyl sites for hydroxylation is 1. The number of rotatable bonds is 3. The van der Waals surface area contributed by atoms with E-state index in [1.807, 2.05) is 6.07 Å². The van der Waals surface area contributed by atoms with Crippen LogP contribution in [0, 0.1) is 5.92 Å². The number of carbonyl (C=O) groups is 1. The highest BCUT2D eigenvalue weighted by atomic mass is 16.2. The predicted molar refractivity (Wildman–Crippen MR) is 90.2 cm³/mol. The number of nitrogens with one attached hydrogen (secondary N) is 1. The minimum absolute atomic E-state index is 0.0121. The molecule has 118 valence electrons. The minimum atomic E-state index is -0.0121. The summed E-state index contributed by atoms with van der Waals surface area (Å²) in [7, 11) is 0. The number of hydrogen-bond donors (Lipinski definition) is 1. The molecule has 1 N–H and O–H groups in total. The van der Waals surface area contributed by atoms with Crippen LogP contribution < -0.4 is 10.3 Å². The summed E-state index contributed by atoms with van der Waals surface area (Å²) in [6.45, 7) is 3.53. The first-order chi connectivity index (χ1) is 10.7. The van der Waals surface area contributed by atoms with E-state index in [-0.39, 0.29) is 5.91 Å². The standard InChI is InChI=1S/C18H25N3O/c1-14-7-2-4-10-16(14)19-20-18(22)13-21-12-6-9-15-8-3-5-11-17(15)21/h3,5,8,11,14H,2,4,6-7,9-10,12-13H2,1H3,(H,20,22)/b19-16-/t14-/m0/s1. The molecule has 1 aromatic carbocycles. The lowest BCUT2D eigenvalue weighted by Gasteiger charge is -2.30. The van der Waals surface area contributed by atoms with Gasteiger partial charge in [-0.2, -0.15) is 5.10 Å². The molecule has 4 heteroatoms. The Labute approximate surface area is 132 Å². The molecule has 2 aliphatic rings. The number of hydrazone groups is 1. The van der Waals surface area contributed by atoms with E-state index in [4.69, 9.17) is 0 Å². The van der Waals surface area contributed by atoms with Crippen molar-refractivity contribution < 1.29 is 4.79 Å². The average molecular weight is 299 g/mol. The lowest BCUT2D eigenvalue weighted by molar-refractivity contribution is -0.119. The number of benzene rings is 1. The first kappa shape index (κ1) is 15.1. The fourth-order valence-electron chi connectivity index (χ4n) is 3.45. The Morgan fingerprint density at radius 1 is 1.27 bits per heavy atom. The number of amides is 1. The van der Waals surface area contributed by atoms with Crippen molar-refractivity contribution in [2.45, 2.75) is 45.4 Å². The highest BCUT2D eigenvalue weighted by Crippen LogP contribution is 2.26. The highest BCUT2D eigenvalue weighted by Gasteiger charge is 2.19. The maximum Gasteiger partial charge on any atom is 0.259 e. The third-order valence-electron chi connectivity index (χ3n) is 4.75. The number of carbonyl (C=O) groups excluding carboxylic acids is 1. The molecule has 4 nitrogen and oxygen atoms in total. The molecule has 22 heavy (non-hydrogen) atoms. The first-order valence-electron chi connectivity index (χ1n) is 8.42. The van der Waals surface area contributed by atoms with E-state index in [1.165, 1.54) is 30.5 Å². The Morgan fingerprint density at radius 3 is 3.00 bits per heavy atom. The molecule has 0 unspecified atom stereocenters. The third kappa shape index (κ3) is 3.49. The number of para-hydroxylation sites is 1. The monoisotopic (exact) mass is 299 g/mol. The van der Waals surface area contributed by atoms with Gasteiger partial charge in [0.05, 0.1) is 6.54 Å². The Bertz CT molecular complexity index is 567. The Morgan fingerprint density at radius 2 is 2.14 bits per heavy atom. The Hall–Kier alpha value is -1.84. The van der Waals surface area contributed by atoms with Crippen LogP contribution in [0.25, 0.3) is 0 Å². The summed E-state index contributed by atoms with van der Waals surface area (Å²) in [6, 6.07) is 8.37. The Kier molecular flexibility index (Phi) is 4.76. The fourth-order valence-corrected chi connectivity index (χ4v) is 3.45. The van der Waals surface area contributed by atoms with Crippen molar-refractivity contribution in [1.82, 2.24) is 5.43 Å².